The minimum atomic E-state index is -0.316. The predicted molar refractivity (Wildman–Crippen MR) is 149 cm³/mol. The molecule has 1 aromatic carbocycles. The predicted octanol–water partition coefficient (Wildman–Crippen LogP) is 7.89. The Labute approximate surface area is 216 Å². The summed E-state index contributed by atoms with van der Waals surface area (Å²) >= 11 is 1.90. The molecule has 0 atom stereocenters. The number of carbonyl (C=O) groups is 1. The molecule has 4 nitrogen and oxygen atoms in total. The highest BCUT2D eigenvalue weighted by Crippen LogP contribution is 2.25. The van der Waals surface area contributed by atoms with Crippen molar-refractivity contribution in [3.8, 4) is 5.75 Å². The molecule has 0 unspecified atom stereocenters. The molecular formula is C29H46FNO3S. The maximum Gasteiger partial charge on any atom is 0.254 e. The number of nitrogens with zero attached hydrogens (tertiary/aromatic N) is 1. The third-order valence-corrected chi connectivity index (χ3v) is 6.73. The lowest BCUT2D eigenvalue weighted by molar-refractivity contribution is -0.115. The molecule has 198 valence electrons. The van der Waals surface area contributed by atoms with E-state index in [0.717, 1.165) is 37.5 Å². The number of halogens is 1. The van der Waals surface area contributed by atoms with Gasteiger partial charge in [-0.15, -0.1) is 0 Å². The lowest BCUT2D eigenvalue weighted by Crippen LogP contribution is -2.19. The van der Waals surface area contributed by atoms with Crippen molar-refractivity contribution in [1.29, 1.82) is 0 Å². The quantitative estimate of drug-likeness (QED) is 0.182. The number of aldehydes is 1. The van der Waals surface area contributed by atoms with E-state index in [2.05, 4.69) is 20.1 Å². The van der Waals surface area contributed by atoms with Crippen LogP contribution in [0.5, 0.6) is 5.75 Å². The molecule has 0 amide bonds. The van der Waals surface area contributed by atoms with Crippen molar-refractivity contribution in [3.63, 3.8) is 0 Å². The average Bonchev–Trinajstić information content (AvgIpc) is 2.82. The Balaban J connectivity index is 0.000000518. The maximum atomic E-state index is 13.6. The molecule has 0 saturated heterocycles. The van der Waals surface area contributed by atoms with Crippen LogP contribution in [-0.2, 0) is 11.3 Å². The van der Waals surface area contributed by atoms with Crippen molar-refractivity contribution >= 4 is 29.0 Å². The van der Waals surface area contributed by atoms with E-state index < -0.39 is 0 Å². The van der Waals surface area contributed by atoms with Crippen LogP contribution in [0.25, 0.3) is 10.9 Å². The minimum absolute atomic E-state index is 0.106. The van der Waals surface area contributed by atoms with Gasteiger partial charge in [0.1, 0.15) is 17.9 Å². The second kappa shape index (κ2) is 16.8. The van der Waals surface area contributed by atoms with Gasteiger partial charge in [-0.25, -0.2) is 4.39 Å². The second-order valence-electron chi connectivity index (χ2n) is 10.3. The summed E-state index contributed by atoms with van der Waals surface area (Å²) in [6.07, 6.45) is 12.5. The molecule has 0 aliphatic carbocycles. The first-order valence-electron chi connectivity index (χ1n) is 13.1. The average molecular weight is 508 g/mol. The van der Waals surface area contributed by atoms with Gasteiger partial charge < -0.3 is 14.1 Å². The van der Waals surface area contributed by atoms with Crippen LogP contribution >= 0.6 is 11.8 Å². The SMILES string of the molecule is CC(C)CCC(C)(C)C=O.CCn1c(=O)cc(OCCCCCCCCSC)c2cc(F)ccc21. The number of hydrogen-bond donors (Lipinski definition) is 0. The fourth-order valence-corrected chi connectivity index (χ4v) is 4.22. The molecule has 0 radical (unpaired) electrons. The van der Waals surface area contributed by atoms with Crippen molar-refractivity contribution in [2.24, 2.45) is 11.3 Å². The fourth-order valence-electron chi connectivity index (χ4n) is 3.73. The minimum Gasteiger partial charge on any atom is -0.493 e. The molecule has 2 aromatic rings. The number of benzene rings is 1. The summed E-state index contributed by atoms with van der Waals surface area (Å²) < 4.78 is 21.1. The Morgan fingerprint density at radius 1 is 1.09 bits per heavy atom. The molecule has 0 N–H and O–H groups in total. The van der Waals surface area contributed by atoms with Gasteiger partial charge in [-0.05, 0) is 62.3 Å². The van der Waals surface area contributed by atoms with E-state index in [1.54, 1.807) is 10.6 Å². The monoisotopic (exact) mass is 507 g/mol. The summed E-state index contributed by atoms with van der Waals surface area (Å²) in [7, 11) is 0. The number of pyridine rings is 1. The van der Waals surface area contributed by atoms with Gasteiger partial charge in [-0.3, -0.25) is 4.79 Å². The third-order valence-electron chi connectivity index (χ3n) is 6.04. The van der Waals surface area contributed by atoms with Gasteiger partial charge in [0, 0.05) is 23.4 Å². The number of carbonyl (C=O) groups excluding carboxylic acids is 1. The standard InChI is InChI=1S/C20H28FNO2S.C9H18O/c1-3-22-18-11-10-16(21)14-17(18)19(15-20(22)23)24-12-8-6-4-5-7-9-13-25-2;1-8(2)5-6-9(3,4)7-10/h10-11,14-15H,3-9,12-13H2,1-2H3;7-8H,5-6H2,1-4H3. The van der Waals surface area contributed by atoms with E-state index in [9.17, 15) is 14.0 Å². The van der Waals surface area contributed by atoms with Crippen molar-refractivity contribution in [3.05, 3.63) is 40.4 Å². The Morgan fingerprint density at radius 2 is 1.74 bits per heavy atom. The van der Waals surface area contributed by atoms with E-state index in [1.807, 2.05) is 32.5 Å². The number of ether oxygens (including phenoxy) is 1. The number of hydrogen-bond acceptors (Lipinski definition) is 4. The highest BCUT2D eigenvalue weighted by molar-refractivity contribution is 7.98. The number of aryl methyl sites for hydroxylation is 1. The van der Waals surface area contributed by atoms with E-state index in [4.69, 9.17) is 4.74 Å². The molecule has 0 fully saturated rings. The van der Waals surface area contributed by atoms with Gasteiger partial charge >= 0.3 is 0 Å². The largest absolute Gasteiger partial charge is 0.493 e. The Morgan fingerprint density at radius 3 is 2.34 bits per heavy atom. The molecular weight excluding hydrogens is 461 g/mol. The summed E-state index contributed by atoms with van der Waals surface area (Å²) in [6.45, 7) is 11.4. The lowest BCUT2D eigenvalue weighted by Gasteiger charge is -2.17. The number of fused-ring (bicyclic) bond motifs is 1. The van der Waals surface area contributed by atoms with Crippen LogP contribution in [0.2, 0.25) is 0 Å². The van der Waals surface area contributed by atoms with Crippen LogP contribution < -0.4 is 10.3 Å². The highest BCUT2D eigenvalue weighted by atomic mass is 32.2. The van der Waals surface area contributed by atoms with Gasteiger partial charge in [0.2, 0.25) is 0 Å². The van der Waals surface area contributed by atoms with Crippen LogP contribution in [-0.4, -0.2) is 29.5 Å². The summed E-state index contributed by atoms with van der Waals surface area (Å²) in [6, 6.07) is 5.96. The first-order chi connectivity index (χ1) is 16.6. The molecule has 1 aromatic heterocycles. The zero-order valence-corrected chi connectivity index (χ0v) is 23.5. The van der Waals surface area contributed by atoms with Crippen LogP contribution in [0.3, 0.4) is 0 Å². The van der Waals surface area contributed by atoms with Gasteiger partial charge in [0.05, 0.1) is 12.1 Å². The lowest BCUT2D eigenvalue weighted by atomic mass is 9.87. The van der Waals surface area contributed by atoms with Crippen LogP contribution in [0.1, 0.15) is 86.0 Å². The zero-order valence-electron chi connectivity index (χ0n) is 22.7. The third kappa shape index (κ3) is 12.1. The van der Waals surface area contributed by atoms with E-state index in [-0.39, 0.29) is 16.8 Å². The van der Waals surface area contributed by atoms with Gasteiger partial charge in [-0.2, -0.15) is 11.8 Å². The molecule has 1 heterocycles. The Hall–Kier alpha value is -1.82. The molecule has 0 saturated carbocycles. The number of aromatic nitrogens is 1. The summed E-state index contributed by atoms with van der Waals surface area (Å²) in [5, 5.41) is 0.665. The summed E-state index contributed by atoms with van der Waals surface area (Å²) in [4.78, 5) is 22.7. The first-order valence-corrected chi connectivity index (χ1v) is 14.5. The Bertz CT molecular complexity index is 939. The van der Waals surface area contributed by atoms with Gasteiger partial charge in [0.25, 0.3) is 5.56 Å². The first kappa shape index (κ1) is 31.2. The molecule has 0 spiro atoms. The normalized spacial score (nSPS) is 11.4. The highest BCUT2D eigenvalue weighted by Gasteiger charge is 2.16. The van der Waals surface area contributed by atoms with E-state index in [0.29, 0.717) is 30.2 Å². The molecule has 35 heavy (non-hydrogen) atoms. The molecule has 0 aliphatic rings. The number of rotatable bonds is 15. The number of unbranched alkanes of at least 4 members (excludes halogenated alkanes) is 5. The maximum absolute atomic E-state index is 13.6. The smallest absolute Gasteiger partial charge is 0.254 e. The van der Waals surface area contributed by atoms with E-state index >= 15 is 0 Å². The summed E-state index contributed by atoms with van der Waals surface area (Å²) in [5.41, 5.74) is 0.509. The van der Waals surface area contributed by atoms with Gasteiger partial charge in [0.15, 0.2) is 0 Å². The van der Waals surface area contributed by atoms with E-state index in [1.165, 1.54) is 49.6 Å². The molecule has 6 heteroatoms. The topological polar surface area (TPSA) is 48.3 Å². The van der Waals surface area contributed by atoms with Crippen molar-refractivity contribution in [1.82, 2.24) is 4.57 Å². The fraction of sp³-hybridized carbons (Fsp3) is 0.655. The van der Waals surface area contributed by atoms with Gasteiger partial charge in [-0.1, -0.05) is 59.8 Å². The zero-order chi connectivity index (χ0) is 26.3. The van der Waals surface area contributed by atoms with Crippen molar-refractivity contribution < 1.29 is 13.9 Å². The van der Waals surface area contributed by atoms with Crippen LogP contribution in [0.15, 0.2) is 29.1 Å². The van der Waals surface area contributed by atoms with Crippen molar-refractivity contribution in [2.45, 2.75) is 92.5 Å². The van der Waals surface area contributed by atoms with Crippen LogP contribution in [0.4, 0.5) is 4.39 Å². The number of thioether (sulfide) groups is 1. The Kier molecular flexibility index (Phi) is 15.0. The second-order valence-corrected chi connectivity index (χ2v) is 11.2. The van der Waals surface area contributed by atoms with Crippen LogP contribution in [0, 0.1) is 17.2 Å². The van der Waals surface area contributed by atoms with Crippen molar-refractivity contribution in [2.75, 3.05) is 18.6 Å². The summed E-state index contributed by atoms with van der Waals surface area (Å²) in [5.74, 6) is 2.13. The molecule has 0 aliphatic heterocycles. The molecule has 2 rings (SSSR count). The molecule has 0 bridgehead atoms.